The van der Waals surface area contributed by atoms with Gasteiger partial charge in [-0.1, -0.05) is 20.8 Å². The fourth-order valence-corrected chi connectivity index (χ4v) is 0.952. The van der Waals surface area contributed by atoms with E-state index in [1.165, 1.54) is 6.07 Å². The maximum Gasteiger partial charge on any atom is 0.573 e. The summed E-state index contributed by atoms with van der Waals surface area (Å²) in [4.78, 5) is 15.2. The van der Waals surface area contributed by atoms with Crippen LogP contribution in [0.1, 0.15) is 20.8 Å². The molecular weight excluding hydrogens is 249 g/mol. The average Bonchev–Trinajstić information content (AvgIpc) is 2.17. The van der Waals surface area contributed by atoms with Gasteiger partial charge < -0.3 is 10.1 Å². The predicted molar refractivity (Wildman–Crippen MR) is 59.0 cm³/mol. The zero-order chi connectivity index (χ0) is 14.0. The maximum absolute atomic E-state index is 11.9. The highest BCUT2D eigenvalue weighted by Gasteiger charge is 2.31. The highest BCUT2D eigenvalue weighted by atomic mass is 19.4. The van der Waals surface area contributed by atoms with E-state index >= 15 is 0 Å². The lowest BCUT2D eigenvalue weighted by atomic mass is 9.96. The molecule has 100 valence electrons. The van der Waals surface area contributed by atoms with E-state index in [2.05, 4.69) is 15.0 Å². The van der Waals surface area contributed by atoms with Gasteiger partial charge in [0.05, 0.1) is 6.20 Å². The van der Waals surface area contributed by atoms with Gasteiger partial charge in [-0.05, 0) is 12.1 Å². The number of hydrogen-bond donors (Lipinski definition) is 1. The third-order valence-electron chi connectivity index (χ3n) is 1.89. The minimum atomic E-state index is -4.75. The van der Waals surface area contributed by atoms with E-state index in [0.29, 0.717) is 0 Å². The fraction of sp³-hybridized carbons (Fsp3) is 0.455. The van der Waals surface area contributed by atoms with Crippen LogP contribution in [-0.4, -0.2) is 17.3 Å². The first-order valence-electron chi connectivity index (χ1n) is 5.11. The third kappa shape index (κ3) is 4.60. The molecule has 0 fully saturated rings. The van der Waals surface area contributed by atoms with Crippen LogP contribution in [0.25, 0.3) is 0 Å². The molecule has 0 aliphatic heterocycles. The lowest BCUT2D eigenvalue weighted by Crippen LogP contribution is -2.28. The van der Waals surface area contributed by atoms with E-state index in [0.717, 1.165) is 12.3 Å². The number of nitrogens with one attached hydrogen (secondary N) is 1. The van der Waals surface area contributed by atoms with E-state index in [4.69, 9.17) is 0 Å². The monoisotopic (exact) mass is 262 g/mol. The normalized spacial score (nSPS) is 12.1. The lowest BCUT2D eigenvalue weighted by Gasteiger charge is -2.17. The van der Waals surface area contributed by atoms with Crippen molar-refractivity contribution in [3.05, 3.63) is 18.3 Å². The number of hydrogen-bond acceptors (Lipinski definition) is 3. The van der Waals surface area contributed by atoms with Crippen molar-refractivity contribution in [2.24, 2.45) is 5.41 Å². The molecule has 1 N–H and O–H groups in total. The van der Waals surface area contributed by atoms with Crippen molar-refractivity contribution < 1.29 is 22.7 Å². The Kier molecular flexibility index (Phi) is 3.83. The minimum Gasteiger partial charge on any atom is -0.404 e. The Hall–Kier alpha value is -1.79. The molecule has 0 unspecified atom stereocenters. The molecule has 0 saturated carbocycles. The highest BCUT2D eigenvalue weighted by Crippen LogP contribution is 2.23. The molecule has 0 aromatic carbocycles. The van der Waals surface area contributed by atoms with Crippen LogP contribution >= 0.6 is 0 Å². The first-order chi connectivity index (χ1) is 8.08. The molecule has 0 aliphatic carbocycles. The van der Waals surface area contributed by atoms with Crippen molar-refractivity contribution >= 4 is 11.7 Å². The number of halogens is 3. The van der Waals surface area contributed by atoms with Gasteiger partial charge in [-0.3, -0.25) is 4.79 Å². The SMILES string of the molecule is CC(C)(C)C(=O)Nc1ccc(OC(F)(F)F)cn1. The third-order valence-corrected chi connectivity index (χ3v) is 1.89. The van der Waals surface area contributed by atoms with Crippen LogP contribution in [0.3, 0.4) is 0 Å². The van der Waals surface area contributed by atoms with Gasteiger partial charge in [0, 0.05) is 5.41 Å². The molecule has 0 bridgehead atoms. The number of nitrogens with zero attached hydrogens (tertiary/aromatic N) is 1. The molecule has 0 spiro atoms. The molecule has 1 aromatic rings. The van der Waals surface area contributed by atoms with E-state index in [-0.39, 0.29) is 11.7 Å². The molecule has 7 heteroatoms. The van der Waals surface area contributed by atoms with Crippen LogP contribution < -0.4 is 10.1 Å². The van der Waals surface area contributed by atoms with Gasteiger partial charge in [0.2, 0.25) is 5.91 Å². The molecule has 4 nitrogen and oxygen atoms in total. The summed E-state index contributed by atoms with van der Waals surface area (Å²) in [6.45, 7) is 5.14. The Labute approximate surface area is 102 Å². The van der Waals surface area contributed by atoms with Crippen LogP contribution in [0, 0.1) is 5.41 Å². The van der Waals surface area contributed by atoms with Crippen molar-refractivity contribution in [2.45, 2.75) is 27.1 Å². The van der Waals surface area contributed by atoms with Gasteiger partial charge in [-0.15, -0.1) is 13.2 Å². The van der Waals surface area contributed by atoms with Crippen LogP contribution in [0.15, 0.2) is 18.3 Å². The van der Waals surface area contributed by atoms with Crippen LogP contribution in [0.4, 0.5) is 19.0 Å². The summed E-state index contributed by atoms with van der Waals surface area (Å²) in [5, 5.41) is 2.49. The van der Waals surface area contributed by atoms with Crippen LogP contribution in [0.5, 0.6) is 5.75 Å². The Morgan fingerprint density at radius 2 is 1.89 bits per heavy atom. The summed E-state index contributed by atoms with van der Waals surface area (Å²) >= 11 is 0. The second-order valence-corrected chi connectivity index (χ2v) is 4.63. The van der Waals surface area contributed by atoms with Gasteiger partial charge in [0.25, 0.3) is 0 Å². The van der Waals surface area contributed by atoms with Crippen molar-refractivity contribution in [1.29, 1.82) is 0 Å². The zero-order valence-corrected chi connectivity index (χ0v) is 10.1. The van der Waals surface area contributed by atoms with Gasteiger partial charge in [-0.2, -0.15) is 0 Å². The quantitative estimate of drug-likeness (QED) is 0.891. The average molecular weight is 262 g/mol. The topological polar surface area (TPSA) is 51.2 Å². The van der Waals surface area contributed by atoms with Crippen molar-refractivity contribution in [2.75, 3.05) is 5.32 Å². The Balaban J connectivity index is 2.70. The van der Waals surface area contributed by atoms with Crippen LogP contribution in [0.2, 0.25) is 0 Å². The van der Waals surface area contributed by atoms with Crippen LogP contribution in [-0.2, 0) is 4.79 Å². The number of pyridine rings is 1. The summed E-state index contributed by atoms with van der Waals surface area (Å²) < 4.78 is 39.3. The number of alkyl halides is 3. The lowest BCUT2D eigenvalue weighted by molar-refractivity contribution is -0.274. The molecule has 0 radical (unpaired) electrons. The Morgan fingerprint density at radius 3 is 2.28 bits per heavy atom. The molecule has 1 rings (SSSR count). The summed E-state index contributed by atoms with van der Waals surface area (Å²) in [6.07, 6.45) is -3.86. The smallest absolute Gasteiger partial charge is 0.404 e. The molecule has 0 saturated heterocycles. The number of amides is 1. The minimum absolute atomic E-state index is 0.171. The number of carbonyl (C=O) groups excluding carboxylic acids is 1. The second kappa shape index (κ2) is 4.83. The summed E-state index contributed by atoms with van der Waals surface area (Å²) in [7, 11) is 0. The molecule has 1 aromatic heterocycles. The molecule has 0 atom stereocenters. The molecular formula is C11H13F3N2O2. The number of anilines is 1. The number of aromatic nitrogens is 1. The zero-order valence-electron chi connectivity index (χ0n) is 10.1. The Morgan fingerprint density at radius 1 is 1.28 bits per heavy atom. The summed E-state index contributed by atoms with van der Waals surface area (Å²) in [6, 6.07) is 2.32. The van der Waals surface area contributed by atoms with E-state index in [1.807, 2.05) is 0 Å². The summed E-state index contributed by atoms with van der Waals surface area (Å²) in [5.41, 5.74) is -0.608. The highest BCUT2D eigenvalue weighted by molar-refractivity contribution is 5.93. The van der Waals surface area contributed by atoms with E-state index in [1.54, 1.807) is 20.8 Å². The number of rotatable bonds is 2. The van der Waals surface area contributed by atoms with Crippen molar-refractivity contribution in [3.63, 3.8) is 0 Å². The van der Waals surface area contributed by atoms with Gasteiger partial charge in [-0.25, -0.2) is 4.98 Å². The van der Waals surface area contributed by atoms with E-state index < -0.39 is 17.5 Å². The fourth-order valence-electron chi connectivity index (χ4n) is 0.952. The van der Waals surface area contributed by atoms with Crippen molar-refractivity contribution in [1.82, 2.24) is 4.98 Å². The predicted octanol–water partition coefficient (Wildman–Crippen LogP) is 2.96. The molecule has 18 heavy (non-hydrogen) atoms. The molecule has 1 heterocycles. The number of carbonyl (C=O) groups is 1. The number of ether oxygens (including phenoxy) is 1. The molecule has 1 amide bonds. The first-order valence-corrected chi connectivity index (χ1v) is 5.11. The van der Waals surface area contributed by atoms with Gasteiger partial charge in [0.15, 0.2) is 0 Å². The van der Waals surface area contributed by atoms with Crippen molar-refractivity contribution in [3.8, 4) is 5.75 Å². The van der Waals surface area contributed by atoms with E-state index in [9.17, 15) is 18.0 Å². The first kappa shape index (κ1) is 14.3. The largest absolute Gasteiger partial charge is 0.573 e. The van der Waals surface area contributed by atoms with Gasteiger partial charge in [0.1, 0.15) is 11.6 Å². The summed E-state index contributed by atoms with van der Waals surface area (Å²) in [5.74, 6) is -0.541. The standard InChI is InChI=1S/C11H13F3N2O2/c1-10(2,3)9(17)16-8-5-4-7(6-15-8)18-11(12,13)14/h4-6H,1-3H3,(H,15,16,17). The van der Waals surface area contributed by atoms with Gasteiger partial charge >= 0.3 is 6.36 Å². The molecule has 0 aliphatic rings. The Bertz CT molecular complexity index is 421. The second-order valence-electron chi connectivity index (χ2n) is 4.63. The maximum atomic E-state index is 11.9.